The Kier molecular flexibility index (Phi) is 15.3. The summed E-state index contributed by atoms with van der Waals surface area (Å²) in [5.74, 6) is -0.350. The zero-order valence-corrected chi connectivity index (χ0v) is 16.7. The Morgan fingerprint density at radius 2 is 1.36 bits per heavy atom. The first-order valence-electron chi connectivity index (χ1n) is 10.4. The first kappa shape index (κ1) is 23.7. The van der Waals surface area contributed by atoms with E-state index in [1.165, 1.54) is 51.4 Å². The van der Waals surface area contributed by atoms with Crippen LogP contribution >= 0.6 is 0 Å². The minimum absolute atomic E-state index is 0.190. The van der Waals surface area contributed by atoms with E-state index < -0.39 is 5.41 Å². The molecule has 0 atom stereocenters. The molecule has 144 valence electrons. The Hall–Kier alpha value is -1.30. The summed E-state index contributed by atoms with van der Waals surface area (Å²) in [7, 11) is 0. The van der Waals surface area contributed by atoms with Crippen molar-refractivity contribution in [3.8, 4) is 6.07 Å². The van der Waals surface area contributed by atoms with E-state index in [0.29, 0.717) is 12.8 Å². The van der Waals surface area contributed by atoms with Gasteiger partial charge in [-0.2, -0.15) is 5.26 Å². The fourth-order valence-corrected chi connectivity index (χ4v) is 3.17. The Bertz CT molecular complexity index is 368. The molecular formula is C22H39NO2. The molecule has 0 fully saturated rings. The van der Waals surface area contributed by atoms with Gasteiger partial charge in [-0.05, 0) is 12.8 Å². The topological polar surface area (TPSA) is 50.1 Å². The molecule has 0 aromatic rings. The van der Waals surface area contributed by atoms with E-state index in [2.05, 4.69) is 26.5 Å². The summed E-state index contributed by atoms with van der Waals surface area (Å²) in [6.07, 6.45) is 16.7. The summed E-state index contributed by atoms with van der Waals surface area (Å²) in [5, 5.41) is 9.75. The van der Waals surface area contributed by atoms with Crippen LogP contribution in [-0.4, -0.2) is 12.6 Å². The number of rotatable bonds is 17. The third-order valence-electron chi connectivity index (χ3n) is 4.85. The highest BCUT2D eigenvalue weighted by atomic mass is 16.5. The maximum Gasteiger partial charge on any atom is 0.326 e. The van der Waals surface area contributed by atoms with Crippen LogP contribution in [0.25, 0.3) is 0 Å². The number of ether oxygens (including phenoxy) is 1. The second kappa shape index (κ2) is 16.2. The second-order valence-electron chi connectivity index (χ2n) is 7.12. The predicted molar refractivity (Wildman–Crippen MR) is 105 cm³/mol. The van der Waals surface area contributed by atoms with Crippen LogP contribution in [0.3, 0.4) is 0 Å². The third kappa shape index (κ3) is 11.0. The van der Waals surface area contributed by atoms with Crippen LogP contribution in [0.5, 0.6) is 0 Å². The van der Waals surface area contributed by atoms with Crippen LogP contribution in [0.1, 0.15) is 104 Å². The molecule has 0 aliphatic heterocycles. The van der Waals surface area contributed by atoms with Crippen molar-refractivity contribution in [3.05, 3.63) is 12.7 Å². The highest BCUT2D eigenvalue weighted by Gasteiger charge is 2.39. The summed E-state index contributed by atoms with van der Waals surface area (Å²) in [6.45, 7) is 8.19. The lowest BCUT2D eigenvalue weighted by Gasteiger charge is -2.24. The number of nitrogens with zero attached hydrogens (tertiary/aromatic N) is 1. The number of carbonyl (C=O) groups excluding carboxylic acids is 1. The van der Waals surface area contributed by atoms with Crippen molar-refractivity contribution in [2.24, 2.45) is 5.41 Å². The SMILES string of the molecule is C=CCOC(=O)C(C#N)(CCCCCCCC)CCCCCCCC. The minimum Gasteiger partial charge on any atom is -0.460 e. The maximum absolute atomic E-state index is 12.5. The molecule has 0 radical (unpaired) electrons. The summed E-state index contributed by atoms with van der Waals surface area (Å²) in [5.41, 5.74) is -0.960. The molecule has 0 N–H and O–H groups in total. The van der Waals surface area contributed by atoms with Crippen molar-refractivity contribution < 1.29 is 9.53 Å². The van der Waals surface area contributed by atoms with Crippen LogP contribution < -0.4 is 0 Å². The summed E-state index contributed by atoms with van der Waals surface area (Å²) in [6, 6.07) is 2.32. The average molecular weight is 350 g/mol. The Morgan fingerprint density at radius 3 is 1.76 bits per heavy atom. The molecule has 0 unspecified atom stereocenters. The lowest BCUT2D eigenvalue weighted by molar-refractivity contribution is -0.152. The highest BCUT2D eigenvalue weighted by Crippen LogP contribution is 2.33. The van der Waals surface area contributed by atoms with Crippen molar-refractivity contribution in [1.82, 2.24) is 0 Å². The summed E-state index contributed by atoms with van der Waals surface area (Å²) >= 11 is 0. The van der Waals surface area contributed by atoms with Crippen LogP contribution in [0, 0.1) is 16.7 Å². The molecule has 0 saturated carbocycles. The number of nitriles is 1. The molecule has 0 rings (SSSR count). The van der Waals surface area contributed by atoms with Gasteiger partial charge in [-0.3, -0.25) is 4.79 Å². The van der Waals surface area contributed by atoms with Crippen molar-refractivity contribution in [1.29, 1.82) is 5.26 Å². The summed E-state index contributed by atoms with van der Waals surface area (Å²) in [4.78, 5) is 12.5. The fraction of sp³-hybridized carbons (Fsp3) is 0.818. The van der Waals surface area contributed by atoms with Gasteiger partial charge in [0.2, 0.25) is 0 Å². The molecule has 25 heavy (non-hydrogen) atoms. The molecule has 3 heteroatoms. The van der Waals surface area contributed by atoms with Gasteiger partial charge in [-0.1, -0.05) is 104 Å². The molecular weight excluding hydrogens is 310 g/mol. The standard InChI is InChI=1S/C22H39NO2/c1-4-7-9-11-13-15-17-22(20-23,21(24)25-19-6-3)18-16-14-12-10-8-5-2/h6H,3-5,7-19H2,1-2H3. The number of esters is 1. The summed E-state index contributed by atoms with van der Waals surface area (Å²) < 4.78 is 5.26. The molecule has 0 aliphatic carbocycles. The number of hydrogen-bond acceptors (Lipinski definition) is 3. The number of hydrogen-bond donors (Lipinski definition) is 0. The van der Waals surface area contributed by atoms with E-state index in [-0.39, 0.29) is 12.6 Å². The molecule has 0 saturated heterocycles. The molecule has 3 nitrogen and oxygen atoms in total. The Labute approximate surface area is 155 Å². The molecule has 0 amide bonds. The fourth-order valence-electron chi connectivity index (χ4n) is 3.17. The predicted octanol–water partition coefficient (Wildman–Crippen LogP) is 6.73. The molecule has 0 aromatic carbocycles. The van der Waals surface area contributed by atoms with Gasteiger partial charge in [0.1, 0.15) is 6.61 Å². The van der Waals surface area contributed by atoms with Gasteiger partial charge in [0, 0.05) is 0 Å². The van der Waals surface area contributed by atoms with Gasteiger partial charge in [0.05, 0.1) is 6.07 Å². The van der Waals surface area contributed by atoms with Crippen LogP contribution in [-0.2, 0) is 9.53 Å². The first-order chi connectivity index (χ1) is 12.2. The van der Waals surface area contributed by atoms with Crippen LogP contribution in [0.2, 0.25) is 0 Å². The van der Waals surface area contributed by atoms with Crippen LogP contribution in [0.4, 0.5) is 0 Å². The average Bonchev–Trinajstić information content (AvgIpc) is 2.63. The van der Waals surface area contributed by atoms with E-state index in [9.17, 15) is 10.1 Å². The van der Waals surface area contributed by atoms with E-state index in [0.717, 1.165) is 25.7 Å². The van der Waals surface area contributed by atoms with E-state index >= 15 is 0 Å². The van der Waals surface area contributed by atoms with Gasteiger partial charge in [-0.15, -0.1) is 0 Å². The van der Waals surface area contributed by atoms with E-state index in [1.807, 2.05) is 0 Å². The molecule has 0 bridgehead atoms. The monoisotopic (exact) mass is 349 g/mol. The van der Waals surface area contributed by atoms with E-state index in [4.69, 9.17) is 4.74 Å². The largest absolute Gasteiger partial charge is 0.460 e. The third-order valence-corrected chi connectivity index (χ3v) is 4.85. The number of unbranched alkanes of at least 4 members (excludes halogenated alkanes) is 10. The minimum atomic E-state index is -0.960. The molecule has 0 heterocycles. The molecule has 0 aromatic heterocycles. The van der Waals surface area contributed by atoms with Crippen molar-refractivity contribution in [2.75, 3.05) is 6.61 Å². The smallest absolute Gasteiger partial charge is 0.326 e. The Morgan fingerprint density at radius 1 is 0.920 bits per heavy atom. The van der Waals surface area contributed by atoms with Crippen molar-refractivity contribution >= 4 is 5.97 Å². The van der Waals surface area contributed by atoms with E-state index in [1.54, 1.807) is 6.08 Å². The lowest BCUT2D eigenvalue weighted by Crippen LogP contribution is -2.32. The second-order valence-corrected chi connectivity index (χ2v) is 7.12. The van der Waals surface area contributed by atoms with Gasteiger partial charge in [0.25, 0.3) is 0 Å². The number of carbonyl (C=O) groups is 1. The maximum atomic E-state index is 12.5. The van der Waals surface area contributed by atoms with Crippen molar-refractivity contribution in [3.63, 3.8) is 0 Å². The zero-order chi connectivity index (χ0) is 18.8. The molecule has 0 spiro atoms. The molecule has 0 aliphatic rings. The quantitative estimate of drug-likeness (QED) is 0.166. The lowest BCUT2D eigenvalue weighted by atomic mass is 9.79. The first-order valence-corrected chi connectivity index (χ1v) is 10.4. The van der Waals surface area contributed by atoms with Crippen LogP contribution in [0.15, 0.2) is 12.7 Å². The van der Waals surface area contributed by atoms with Crippen molar-refractivity contribution in [2.45, 2.75) is 104 Å². The van der Waals surface area contributed by atoms with Gasteiger partial charge in [-0.25, -0.2) is 0 Å². The Balaban J connectivity index is 4.48. The normalized spacial score (nSPS) is 11.1. The zero-order valence-electron chi connectivity index (χ0n) is 16.7. The van der Waals surface area contributed by atoms with Gasteiger partial charge < -0.3 is 4.74 Å². The van der Waals surface area contributed by atoms with Gasteiger partial charge in [0.15, 0.2) is 5.41 Å². The van der Waals surface area contributed by atoms with Gasteiger partial charge >= 0.3 is 5.97 Å². The highest BCUT2D eigenvalue weighted by molar-refractivity contribution is 5.80.